The minimum atomic E-state index is 0.748. The molecule has 16 heavy (non-hydrogen) atoms. The first-order valence-corrected chi connectivity index (χ1v) is 6.00. The lowest BCUT2D eigenvalue weighted by Crippen LogP contribution is -2.02. The van der Waals surface area contributed by atoms with E-state index in [1.54, 1.807) is 0 Å². The zero-order valence-corrected chi connectivity index (χ0v) is 10.8. The summed E-state index contributed by atoms with van der Waals surface area (Å²) in [5.74, 6) is 1.72. The average molecular weight is 221 g/mol. The van der Waals surface area contributed by atoms with E-state index >= 15 is 0 Å². The predicted molar refractivity (Wildman–Crippen MR) is 69.9 cm³/mol. The molecule has 90 valence electrons. The van der Waals surface area contributed by atoms with Crippen LogP contribution in [-0.2, 0) is 0 Å². The van der Waals surface area contributed by atoms with Crippen molar-refractivity contribution in [2.45, 2.75) is 40.5 Å². The van der Waals surface area contributed by atoms with Gasteiger partial charge < -0.3 is 10.5 Å². The predicted octanol–water partition coefficient (Wildman–Crippen LogP) is 3.70. The van der Waals surface area contributed by atoms with Crippen molar-refractivity contribution in [3.63, 3.8) is 0 Å². The van der Waals surface area contributed by atoms with Gasteiger partial charge in [-0.15, -0.1) is 0 Å². The molecule has 0 aliphatic rings. The summed E-state index contributed by atoms with van der Waals surface area (Å²) < 4.78 is 5.77. The van der Waals surface area contributed by atoms with Crippen molar-refractivity contribution in [1.29, 1.82) is 0 Å². The van der Waals surface area contributed by atoms with Gasteiger partial charge in [0.15, 0.2) is 0 Å². The van der Waals surface area contributed by atoms with Gasteiger partial charge >= 0.3 is 0 Å². The van der Waals surface area contributed by atoms with Gasteiger partial charge in [-0.25, -0.2) is 0 Å². The van der Waals surface area contributed by atoms with Gasteiger partial charge in [0.25, 0.3) is 0 Å². The van der Waals surface area contributed by atoms with Crippen LogP contribution >= 0.6 is 0 Å². The Kier molecular flexibility index (Phi) is 4.66. The second-order valence-electron chi connectivity index (χ2n) is 4.86. The SMILES string of the molecule is Cc1cc(OCCCC(C)C)c(C)cc1N. The molecule has 0 aliphatic carbocycles. The van der Waals surface area contributed by atoms with Gasteiger partial charge in [-0.2, -0.15) is 0 Å². The monoisotopic (exact) mass is 221 g/mol. The number of aryl methyl sites for hydroxylation is 2. The summed E-state index contributed by atoms with van der Waals surface area (Å²) in [4.78, 5) is 0. The second kappa shape index (κ2) is 5.78. The molecule has 2 nitrogen and oxygen atoms in total. The van der Waals surface area contributed by atoms with Crippen LogP contribution in [0.25, 0.3) is 0 Å². The molecule has 2 heteroatoms. The first-order valence-electron chi connectivity index (χ1n) is 6.00. The molecule has 1 aromatic rings. The van der Waals surface area contributed by atoms with Crippen molar-refractivity contribution in [2.75, 3.05) is 12.3 Å². The van der Waals surface area contributed by atoms with Crippen LogP contribution in [0.2, 0.25) is 0 Å². The summed E-state index contributed by atoms with van der Waals surface area (Å²) in [5.41, 5.74) is 8.87. The molecule has 0 bridgehead atoms. The number of hydrogen-bond acceptors (Lipinski definition) is 2. The maximum absolute atomic E-state index is 5.83. The third-order valence-corrected chi connectivity index (χ3v) is 2.75. The minimum absolute atomic E-state index is 0.748. The summed E-state index contributed by atoms with van der Waals surface area (Å²) in [7, 11) is 0. The molecule has 0 aromatic heterocycles. The molecular weight excluding hydrogens is 198 g/mol. The van der Waals surface area contributed by atoms with E-state index in [9.17, 15) is 0 Å². The Morgan fingerprint density at radius 3 is 2.50 bits per heavy atom. The third-order valence-electron chi connectivity index (χ3n) is 2.75. The number of hydrogen-bond donors (Lipinski definition) is 1. The molecule has 0 amide bonds. The maximum atomic E-state index is 5.83. The summed E-state index contributed by atoms with van der Waals surface area (Å²) in [6, 6.07) is 4.01. The molecule has 0 unspecified atom stereocenters. The van der Waals surface area contributed by atoms with Crippen LogP contribution in [-0.4, -0.2) is 6.61 Å². The van der Waals surface area contributed by atoms with E-state index in [4.69, 9.17) is 10.5 Å². The Bertz CT molecular complexity index is 345. The van der Waals surface area contributed by atoms with Crippen LogP contribution in [0, 0.1) is 19.8 Å². The average Bonchev–Trinajstić information content (AvgIpc) is 2.19. The summed E-state index contributed by atoms with van der Waals surface area (Å²) in [6.07, 6.45) is 2.33. The van der Waals surface area contributed by atoms with Gasteiger partial charge in [0.05, 0.1) is 6.61 Å². The fraction of sp³-hybridized carbons (Fsp3) is 0.571. The van der Waals surface area contributed by atoms with E-state index < -0.39 is 0 Å². The third kappa shape index (κ3) is 3.76. The molecule has 0 aliphatic heterocycles. The summed E-state index contributed by atoms with van der Waals surface area (Å²) in [6.45, 7) is 9.31. The molecule has 0 radical (unpaired) electrons. The van der Waals surface area contributed by atoms with Crippen LogP contribution < -0.4 is 10.5 Å². The highest BCUT2D eigenvalue weighted by Crippen LogP contribution is 2.24. The Morgan fingerprint density at radius 2 is 1.88 bits per heavy atom. The molecule has 0 fully saturated rings. The van der Waals surface area contributed by atoms with Gasteiger partial charge in [-0.3, -0.25) is 0 Å². The van der Waals surface area contributed by atoms with E-state index in [1.807, 2.05) is 26.0 Å². The van der Waals surface area contributed by atoms with E-state index in [0.29, 0.717) is 0 Å². The Morgan fingerprint density at radius 1 is 1.19 bits per heavy atom. The first kappa shape index (κ1) is 12.9. The van der Waals surface area contributed by atoms with Gasteiger partial charge in [-0.1, -0.05) is 13.8 Å². The van der Waals surface area contributed by atoms with Gasteiger partial charge in [0.2, 0.25) is 0 Å². The summed E-state index contributed by atoms with van der Waals surface area (Å²) in [5, 5.41) is 0. The first-order chi connectivity index (χ1) is 7.50. The van der Waals surface area contributed by atoms with Gasteiger partial charge in [-0.05, 0) is 55.9 Å². The number of anilines is 1. The second-order valence-corrected chi connectivity index (χ2v) is 4.86. The molecule has 0 spiro atoms. The largest absolute Gasteiger partial charge is 0.493 e. The Hall–Kier alpha value is -1.18. The molecule has 0 atom stereocenters. The number of nitrogens with two attached hydrogens (primary N) is 1. The van der Waals surface area contributed by atoms with E-state index in [2.05, 4.69) is 13.8 Å². The number of benzene rings is 1. The number of ether oxygens (including phenoxy) is 1. The molecule has 1 rings (SSSR count). The highest BCUT2D eigenvalue weighted by atomic mass is 16.5. The van der Waals surface area contributed by atoms with Crippen molar-refractivity contribution in [1.82, 2.24) is 0 Å². The molecule has 2 N–H and O–H groups in total. The zero-order chi connectivity index (χ0) is 12.1. The van der Waals surface area contributed by atoms with Crippen molar-refractivity contribution in [2.24, 2.45) is 5.92 Å². The lowest BCUT2D eigenvalue weighted by molar-refractivity contribution is 0.296. The number of rotatable bonds is 5. The molecule has 0 saturated heterocycles. The Balaban J connectivity index is 2.51. The fourth-order valence-electron chi connectivity index (χ4n) is 1.64. The topological polar surface area (TPSA) is 35.2 Å². The lowest BCUT2D eigenvalue weighted by atomic mass is 10.1. The van der Waals surface area contributed by atoms with Crippen molar-refractivity contribution < 1.29 is 4.74 Å². The van der Waals surface area contributed by atoms with Crippen LogP contribution in [0.4, 0.5) is 5.69 Å². The van der Waals surface area contributed by atoms with E-state index in [1.165, 1.54) is 6.42 Å². The van der Waals surface area contributed by atoms with Crippen molar-refractivity contribution >= 4 is 5.69 Å². The van der Waals surface area contributed by atoms with Crippen LogP contribution in [0.1, 0.15) is 37.8 Å². The minimum Gasteiger partial charge on any atom is -0.493 e. The lowest BCUT2D eigenvalue weighted by Gasteiger charge is -2.12. The van der Waals surface area contributed by atoms with E-state index in [-0.39, 0.29) is 0 Å². The molecule has 0 saturated carbocycles. The quantitative estimate of drug-likeness (QED) is 0.608. The standard InChI is InChI=1S/C14H23NO/c1-10(2)6-5-7-16-14-9-11(3)13(15)8-12(14)4/h8-10H,5-7,15H2,1-4H3. The van der Waals surface area contributed by atoms with Crippen molar-refractivity contribution in [3.05, 3.63) is 23.3 Å². The molecule has 1 aromatic carbocycles. The highest BCUT2D eigenvalue weighted by Gasteiger charge is 2.03. The van der Waals surface area contributed by atoms with Gasteiger partial charge in [0.1, 0.15) is 5.75 Å². The van der Waals surface area contributed by atoms with E-state index in [0.717, 1.165) is 41.5 Å². The van der Waals surface area contributed by atoms with Crippen molar-refractivity contribution in [3.8, 4) is 5.75 Å². The van der Waals surface area contributed by atoms with Crippen LogP contribution in [0.3, 0.4) is 0 Å². The normalized spacial score (nSPS) is 10.8. The highest BCUT2D eigenvalue weighted by molar-refractivity contribution is 5.53. The fourth-order valence-corrected chi connectivity index (χ4v) is 1.64. The summed E-state index contributed by atoms with van der Waals surface area (Å²) >= 11 is 0. The smallest absolute Gasteiger partial charge is 0.122 e. The van der Waals surface area contributed by atoms with Crippen LogP contribution in [0.5, 0.6) is 5.75 Å². The zero-order valence-electron chi connectivity index (χ0n) is 10.8. The van der Waals surface area contributed by atoms with Gasteiger partial charge in [0, 0.05) is 5.69 Å². The Labute approximate surface area is 98.8 Å². The number of nitrogen functional groups attached to an aromatic ring is 1. The molecule has 0 heterocycles. The molecular formula is C14H23NO. The maximum Gasteiger partial charge on any atom is 0.122 e. The van der Waals surface area contributed by atoms with Crippen LogP contribution in [0.15, 0.2) is 12.1 Å².